The van der Waals surface area contributed by atoms with E-state index < -0.39 is 11.9 Å². The van der Waals surface area contributed by atoms with Crippen LogP contribution in [-0.2, 0) is 12.7 Å². The smallest absolute Gasteiger partial charge is 0.323 e. The monoisotopic (exact) mass is 372 g/mol. The Kier molecular flexibility index (Phi) is 4.47. The Morgan fingerprint density at radius 3 is 2.38 bits per heavy atom. The van der Waals surface area contributed by atoms with Crippen molar-refractivity contribution in [1.29, 1.82) is 0 Å². The van der Waals surface area contributed by atoms with Crippen molar-refractivity contribution >= 4 is 23.2 Å². The molecule has 0 unspecified atom stereocenters. The van der Waals surface area contributed by atoms with Gasteiger partial charge in [-0.3, -0.25) is 0 Å². The van der Waals surface area contributed by atoms with Crippen LogP contribution in [0.3, 0.4) is 0 Å². The first-order valence-electron chi connectivity index (χ1n) is 6.69. The third-order valence-electron chi connectivity index (χ3n) is 3.14. The van der Waals surface area contributed by atoms with Crippen LogP contribution in [0.2, 0.25) is 10.0 Å². The Balaban J connectivity index is 2.06. The third-order valence-corrected chi connectivity index (χ3v) is 3.57. The highest BCUT2D eigenvalue weighted by Crippen LogP contribution is 2.31. The molecule has 0 spiro atoms. The molecule has 0 aliphatic heterocycles. The van der Waals surface area contributed by atoms with Gasteiger partial charge in [-0.1, -0.05) is 35.3 Å². The van der Waals surface area contributed by atoms with Gasteiger partial charge in [0.1, 0.15) is 11.6 Å². The lowest BCUT2D eigenvalue weighted by atomic mass is 10.2. The van der Waals surface area contributed by atoms with Crippen molar-refractivity contribution in [2.75, 3.05) is 0 Å². The van der Waals surface area contributed by atoms with Crippen LogP contribution in [0.25, 0.3) is 11.4 Å². The minimum Gasteiger partial charge on any atom is -0.323 e. The van der Waals surface area contributed by atoms with Gasteiger partial charge in [0.15, 0.2) is 5.69 Å². The minimum atomic E-state index is -4.56. The minimum absolute atomic E-state index is 0.0160. The highest BCUT2D eigenvalue weighted by molar-refractivity contribution is 6.30. The zero-order chi connectivity index (χ0) is 17.3. The van der Waals surface area contributed by atoms with Crippen LogP contribution < -0.4 is 0 Å². The van der Waals surface area contributed by atoms with E-state index in [2.05, 4.69) is 15.0 Å². The van der Waals surface area contributed by atoms with Crippen LogP contribution in [0.4, 0.5) is 13.2 Å². The first kappa shape index (κ1) is 16.7. The normalized spacial score (nSPS) is 11.7. The van der Waals surface area contributed by atoms with Gasteiger partial charge in [-0.05, 0) is 12.1 Å². The average Bonchev–Trinajstić information content (AvgIpc) is 2.94. The van der Waals surface area contributed by atoms with E-state index in [1.165, 1.54) is 17.0 Å². The van der Waals surface area contributed by atoms with Crippen molar-refractivity contribution in [1.82, 2.24) is 19.5 Å². The molecule has 0 aliphatic rings. The first-order chi connectivity index (χ1) is 11.3. The predicted molar refractivity (Wildman–Crippen MR) is 83.8 cm³/mol. The standard InChI is InChI=1S/C15H9Cl2F3N4/c16-10-3-1-2-9(4-10)14-23-12(15(18,19)20)7-24(14)8-13-21-5-11(17)6-22-13/h1-7H,8H2. The van der Waals surface area contributed by atoms with Gasteiger partial charge in [0.25, 0.3) is 0 Å². The van der Waals surface area contributed by atoms with Crippen LogP contribution in [0.15, 0.2) is 42.9 Å². The molecule has 0 radical (unpaired) electrons. The van der Waals surface area contributed by atoms with Crippen LogP contribution in [0, 0.1) is 0 Å². The molecule has 3 rings (SSSR count). The molecule has 1 aromatic carbocycles. The summed E-state index contributed by atoms with van der Waals surface area (Å²) in [5.41, 5.74) is -0.529. The van der Waals surface area contributed by atoms with E-state index in [4.69, 9.17) is 23.2 Å². The van der Waals surface area contributed by atoms with Gasteiger partial charge in [0, 0.05) is 29.2 Å². The number of imidazole rings is 1. The average molecular weight is 373 g/mol. The fourth-order valence-electron chi connectivity index (χ4n) is 2.10. The quantitative estimate of drug-likeness (QED) is 0.668. The Hall–Kier alpha value is -2.12. The summed E-state index contributed by atoms with van der Waals surface area (Å²) in [4.78, 5) is 11.7. The molecule has 124 valence electrons. The molecule has 9 heteroatoms. The van der Waals surface area contributed by atoms with Gasteiger partial charge in [0.05, 0.1) is 11.6 Å². The summed E-state index contributed by atoms with van der Waals surface area (Å²) in [7, 11) is 0. The summed E-state index contributed by atoms with van der Waals surface area (Å²) >= 11 is 11.6. The second-order valence-corrected chi connectivity index (χ2v) is 5.78. The van der Waals surface area contributed by atoms with Gasteiger partial charge in [-0.25, -0.2) is 15.0 Å². The lowest BCUT2D eigenvalue weighted by Gasteiger charge is -2.07. The zero-order valence-corrected chi connectivity index (χ0v) is 13.4. The van der Waals surface area contributed by atoms with Crippen LogP contribution in [0.1, 0.15) is 11.5 Å². The largest absolute Gasteiger partial charge is 0.434 e. The molecule has 0 bridgehead atoms. The SMILES string of the molecule is FC(F)(F)c1cn(Cc2ncc(Cl)cn2)c(-c2cccc(Cl)c2)n1. The second-order valence-electron chi connectivity index (χ2n) is 4.90. The summed E-state index contributed by atoms with van der Waals surface area (Å²) in [5.74, 6) is 0.442. The van der Waals surface area contributed by atoms with Gasteiger partial charge < -0.3 is 4.57 Å². The lowest BCUT2D eigenvalue weighted by molar-refractivity contribution is -0.140. The van der Waals surface area contributed by atoms with Crippen molar-refractivity contribution in [3.8, 4) is 11.4 Å². The Morgan fingerprint density at radius 1 is 1.04 bits per heavy atom. The summed E-state index contributed by atoms with van der Waals surface area (Å²) in [5, 5.41) is 0.744. The molecule has 0 atom stereocenters. The van der Waals surface area contributed by atoms with E-state index in [-0.39, 0.29) is 12.4 Å². The maximum absolute atomic E-state index is 13.0. The summed E-state index contributed by atoms with van der Waals surface area (Å²) < 4.78 is 40.4. The number of halogens is 5. The fourth-order valence-corrected chi connectivity index (χ4v) is 2.39. The summed E-state index contributed by atoms with van der Waals surface area (Å²) in [6.45, 7) is 0.0160. The maximum atomic E-state index is 13.0. The topological polar surface area (TPSA) is 43.6 Å². The number of aromatic nitrogens is 4. The van der Waals surface area contributed by atoms with Crippen molar-refractivity contribution in [2.24, 2.45) is 0 Å². The van der Waals surface area contributed by atoms with E-state index in [9.17, 15) is 13.2 Å². The van der Waals surface area contributed by atoms with Gasteiger partial charge in [-0.2, -0.15) is 13.2 Å². The Morgan fingerprint density at radius 2 is 1.75 bits per heavy atom. The van der Waals surface area contributed by atoms with Gasteiger partial charge >= 0.3 is 6.18 Å². The van der Waals surface area contributed by atoms with E-state index in [1.807, 2.05) is 0 Å². The number of hydrogen-bond donors (Lipinski definition) is 0. The molecular weight excluding hydrogens is 364 g/mol. The second kappa shape index (κ2) is 6.41. The number of alkyl halides is 3. The summed E-state index contributed by atoms with van der Waals surface area (Å²) in [6.07, 6.45) is -0.872. The molecule has 3 aromatic rings. The highest BCUT2D eigenvalue weighted by atomic mass is 35.5. The molecule has 0 N–H and O–H groups in total. The predicted octanol–water partition coefficient (Wildman–Crippen LogP) is 4.71. The molecule has 0 amide bonds. The van der Waals surface area contributed by atoms with E-state index in [1.54, 1.807) is 24.3 Å². The molecule has 4 nitrogen and oxygen atoms in total. The van der Waals surface area contributed by atoms with E-state index in [0.29, 0.717) is 21.4 Å². The lowest BCUT2D eigenvalue weighted by Crippen LogP contribution is -2.06. The molecule has 0 fully saturated rings. The van der Waals surface area contributed by atoms with Crippen LogP contribution in [0.5, 0.6) is 0 Å². The van der Waals surface area contributed by atoms with Crippen LogP contribution in [-0.4, -0.2) is 19.5 Å². The van der Waals surface area contributed by atoms with Crippen molar-refractivity contribution in [3.05, 3.63) is 64.4 Å². The number of rotatable bonds is 3. The Labute approximate surface area is 144 Å². The fraction of sp³-hybridized carbons (Fsp3) is 0.133. The van der Waals surface area contributed by atoms with Crippen LogP contribution >= 0.6 is 23.2 Å². The molecular formula is C15H9Cl2F3N4. The number of benzene rings is 1. The van der Waals surface area contributed by atoms with Gasteiger partial charge in [0.2, 0.25) is 0 Å². The molecule has 0 aliphatic carbocycles. The van der Waals surface area contributed by atoms with E-state index in [0.717, 1.165) is 6.20 Å². The van der Waals surface area contributed by atoms with Crippen molar-refractivity contribution in [3.63, 3.8) is 0 Å². The molecule has 2 heterocycles. The molecule has 2 aromatic heterocycles. The third kappa shape index (κ3) is 3.68. The molecule has 0 saturated carbocycles. The number of nitrogens with zero attached hydrogens (tertiary/aromatic N) is 4. The summed E-state index contributed by atoms with van der Waals surface area (Å²) in [6, 6.07) is 6.45. The Bertz CT molecular complexity index is 860. The molecule has 24 heavy (non-hydrogen) atoms. The van der Waals surface area contributed by atoms with Crippen molar-refractivity contribution in [2.45, 2.75) is 12.7 Å². The maximum Gasteiger partial charge on any atom is 0.434 e. The number of hydrogen-bond acceptors (Lipinski definition) is 3. The van der Waals surface area contributed by atoms with Crippen molar-refractivity contribution < 1.29 is 13.2 Å². The molecule has 0 saturated heterocycles. The zero-order valence-electron chi connectivity index (χ0n) is 11.9. The van der Waals surface area contributed by atoms with Gasteiger partial charge in [-0.15, -0.1) is 0 Å². The van der Waals surface area contributed by atoms with E-state index >= 15 is 0 Å². The highest BCUT2D eigenvalue weighted by Gasteiger charge is 2.35. The first-order valence-corrected chi connectivity index (χ1v) is 7.45.